The Morgan fingerprint density at radius 2 is 2.33 bits per heavy atom. The Morgan fingerprint density at radius 3 is 3.00 bits per heavy atom. The third kappa shape index (κ3) is 3.36. The Bertz CT molecular complexity index is 281. The number of hydrogen-bond donors (Lipinski definition) is 1. The summed E-state index contributed by atoms with van der Waals surface area (Å²) in [5.74, 6) is 0.172. The maximum Gasteiger partial charge on any atom is 0.237 e. The van der Waals surface area contributed by atoms with E-state index >= 15 is 0 Å². The second kappa shape index (κ2) is 6.19. The van der Waals surface area contributed by atoms with Gasteiger partial charge >= 0.3 is 0 Å². The van der Waals surface area contributed by atoms with Crippen molar-refractivity contribution in [2.45, 2.75) is 13.0 Å². The van der Waals surface area contributed by atoms with E-state index in [-0.39, 0.29) is 11.9 Å². The fourth-order valence-electron chi connectivity index (χ4n) is 1.64. The van der Waals surface area contributed by atoms with E-state index in [2.05, 4.69) is 11.9 Å². The van der Waals surface area contributed by atoms with Crippen LogP contribution in [-0.2, 0) is 4.79 Å². The minimum atomic E-state index is 0.172. The molecule has 1 heterocycles. The van der Waals surface area contributed by atoms with Gasteiger partial charge in [0.1, 0.15) is 0 Å². The van der Waals surface area contributed by atoms with Crippen LogP contribution in [0.1, 0.15) is 6.92 Å². The van der Waals surface area contributed by atoms with Gasteiger partial charge in [0, 0.05) is 13.1 Å². The number of nitrogens with one attached hydrogen (secondary N) is 1. The van der Waals surface area contributed by atoms with Gasteiger partial charge in [0.15, 0.2) is 0 Å². The van der Waals surface area contributed by atoms with Crippen molar-refractivity contribution in [3.63, 3.8) is 0 Å². The number of nitrogens with zero attached hydrogens (tertiary/aromatic N) is 1. The smallest absolute Gasteiger partial charge is 0.237 e. The predicted molar refractivity (Wildman–Crippen MR) is 62.5 cm³/mol. The van der Waals surface area contributed by atoms with Crippen molar-refractivity contribution in [3.05, 3.63) is 37.0 Å². The molecule has 0 bridgehead atoms. The van der Waals surface area contributed by atoms with Crippen molar-refractivity contribution >= 4 is 5.91 Å². The lowest BCUT2D eigenvalue weighted by Crippen LogP contribution is -2.53. The molecule has 0 aliphatic carbocycles. The molecule has 0 radical (unpaired) electrons. The van der Waals surface area contributed by atoms with Crippen molar-refractivity contribution in [1.29, 1.82) is 0 Å². The molecule has 1 unspecified atom stereocenters. The molecule has 1 saturated heterocycles. The van der Waals surface area contributed by atoms with Crippen LogP contribution in [0.2, 0.25) is 0 Å². The summed E-state index contributed by atoms with van der Waals surface area (Å²) in [6.45, 7) is 7.65. The first kappa shape index (κ1) is 11.7. The summed E-state index contributed by atoms with van der Waals surface area (Å²) in [5, 5.41) is 3.10. The SMILES string of the molecule is C=C/C=C\C=C\C1CNCC(=O)N1CC. The highest BCUT2D eigenvalue weighted by Gasteiger charge is 2.23. The number of piperazine rings is 1. The van der Waals surface area contributed by atoms with E-state index in [1.807, 2.05) is 36.1 Å². The van der Waals surface area contributed by atoms with E-state index in [9.17, 15) is 4.79 Å². The van der Waals surface area contributed by atoms with E-state index in [0.29, 0.717) is 6.54 Å². The molecule has 1 aliphatic heterocycles. The largest absolute Gasteiger partial charge is 0.334 e. The lowest BCUT2D eigenvalue weighted by molar-refractivity contribution is -0.133. The van der Waals surface area contributed by atoms with Gasteiger partial charge in [-0.1, -0.05) is 37.0 Å². The number of amides is 1. The summed E-state index contributed by atoms with van der Waals surface area (Å²) in [4.78, 5) is 13.4. The standard InChI is InChI=1S/C12H18N2O/c1-3-5-6-7-8-11-9-13-10-12(15)14(11)4-2/h3,5-8,11,13H,1,4,9-10H2,2H3/b6-5-,8-7+. The van der Waals surface area contributed by atoms with Crippen LogP contribution in [0, 0.1) is 0 Å². The maximum atomic E-state index is 11.5. The Hall–Kier alpha value is -1.35. The fraction of sp³-hybridized carbons (Fsp3) is 0.417. The lowest BCUT2D eigenvalue weighted by atomic mass is 10.1. The molecule has 3 heteroatoms. The van der Waals surface area contributed by atoms with Gasteiger partial charge in [0.2, 0.25) is 5.91 Å². The summed E-state index contributed by atoms with van der Waals surface area (Å²) in [5.41, 5.74) is 0. The number of likely N-dealkylation sites (N-methyl/N-ethyl adjacent to an activating group) is 1. The monoisotopic (exact) mass is 206 g/mol. The summed E-state index contributed by atoms with van der Waals surface area (Å²) >= 11 is 0. The number of rotatable bonds is 4. The second-order valence-corrected chi connectivity index (χ2v) is 3.38. The second-order valence-electron chi connectivity index (χ2n) is 3.38. The van der Waals surface area contributed by atoms with Crippen molar-refractivity contribution in [1.82, 2.24) is 10.2 Å². The normalized spacial score (nSPS) is 22.9. The number of carbonyl (C=O) groups is 1. The first-order valence-electron chi connectivity index (χ1n) is 5.25. The van der Waals surface area contributed by atoms with Gasteiger partial charge in [-0.25, -0.2) is 0 Å². The highest BCUT2D eigenvalue weighted by molar-refractivity contribution is 5.79. The van der Waals surface area contributed by atoms with Crippen LogP contribution >= 0.6 is 0 Å². The molecule has 0 saturated carbocycles. The lowest BCUT2D eigenvalue weighted by Gasteiger charge is -2.33. The minimum absolute atomic E-state index is 0.172. The molecule has 3 nitrogen and oxygen atoms in total. The van der Waals surface area contributed by atoms with Crippen LogP contribution < -0.4 is 5.32 Å². The quantitative estimate of drug-likeness (QED) is 0.699. The number of hydrogen-bond acceptors (Lipinski definition) is 2. The summed E-state index contributed by atoms with van der Waals surface area (Å²) in [6.07, 6.45) is 9.50. The van der Waals surface area contributed by atoms with Crippen LogP contribution in [0.5, 0.6) is 0 Å². The summed E-state index contributed by atoms with van der Waals surface area (Å²) in [7, 11) is 0. The van der Waals surface area contributed by atoms with Gasteiger partial charge in [-0.2, -0.15) is 0 Å². The van der Waals surface area contributed by atoms with Crippen LogP contribution in [-0.4, -0.2) is 36.5 Å². The molecule has 1 N–H and O–H groups in total. The Labute approximate surface area is 91.2 Å². The molecule has 1 aliphatic rings. The molecule has 0 aromatic carbocycles. The van der Waals surface area contributed by atoms with Crippen molar-refractivity contribution < 1.29 is 4.79 Å². The van der Waals surface area contributed by atoms with E-state index < -0.39 is 0 Å². The molecular weight excluding hydrogens is 188 g/mol. The zero-order chi connectivity index (χ0) is 11.1. The summed E-state index contributed by atoms with van der Waals surface area (Å²) < 4.78 is 0. The molecule has 15 heavy (non-hydrogen) atoms. The van der Waals surface area contributed by atoms with E-state index in [0.717, 1.165) is 13.1 Å². The molecule has 1 rings (SSSR count). The van der Waals surface area contributed by atoms with Gasteiger partial charge in [-0.15, -0.1) is 0 Å². The van der Waals surface area contributed by atoms with Crippen LogP contribution in [0.3, 0.4) is 0 Å². The van der Waals surface area contributed by atoms with Crippen molar-refractivity contribution in [2.24, 2.45) is 0 Å². The van der Waals surface area contributed by atoms with Crippen LogP contribution in [0.15, 0.2) is 37.0 Å². The van der Waals surface area contributed by atoms with Gasteiger partial charge in [-0.05, 0) is 6.92 Å². The Kier molecular flexibility index (Phi) is 4.84. The first-order chi connectivity index (χ1) is 7.29. The molecule has 82 valence electrons. The molecule has 1 fully saturated rings. The van der Waals surface area contributed by atoms with E-state index in [1.165, 1.54) is 0 Å². The zero-order valence-electron chi connectivity index (χ0n) is 9.15. The molecular formula is C12H18N2O. The minimum Gasteiger partial charge on any atom is -0.334 e. The van der Waals surface area contributed by atoms with E-state index in [1.54, 1.807) is 6.08 Å². The van der Waals surface area contributed by atoms with Crippen molar-refractivity contribution in [2.75, 3.05) is 19.6 Å². The Balaban J connectivity index is 2.58. The van der Waals surface area contributed by atoms with Crippen LogP contribution in [0.25, 0.3) is 0 Å². The predicted octanol–water partition coefficient (Wildman–Crippen LogP) is 1.11. The number of allylic oxidation sites excluding steroid dienone is 4. The number of carbonyl (C=O) groups excluding carboxylic acids is 1. The third-order valence-electron chi connectivity index (χ3n) is 2.38. The molecule has 0 aromatic heterocycles. The highest BCUT2D eigenvalue weighted by Crippen LogP contribution is 2.05. The molecule has 0 aromatic rings. The zero-order valence-corrected chi connectivity index (χ0v) is 9.15. The third-order valence-corrected chi connectivity index (χ3v) is 2.38. The average Bonchev–Trinajstić information content (AvgIpc) is 2.24. The van der Waals surface area contributed by atoms with E-state index in [4.69, 9.17) is 0 Å². The average molecular weight is 206 g/mol. The Morgan fingerprint density at radius 1 is 1.53 bits per heavy atom. The van der Waals surface area contributed by atoms with Crippen LogP contribution in [0.4, 0.5) is 0 Å². The summed E-state index contributed by atoms with van der Waals surface area (Å²) in [6, 6.07) is 0.172. The first-order valence-corrected chi connectivity index (χ1v) is 5.25. The topological polar surface area (TPSA) is 32.3 Å². The maximum absolute atomic E-state index is 11.5. The van der Waals surface area contributed by atoms with Gasteiger partial charge in [0.05, 0.1) is 12.6 Å². The molecule has 0 spiro atoms. The van der Waals surface area contributed by atoms with Gasteiger partial charge in [0.25, 0.3) is 0 Å². The fourth-order valence-corrected chi connectivity index (χ4v) is 1.64. The van der Waals surface area contributed by atoms with Crippen molar-refractivity contribution in [3.8, 4) is 0 Å². The highest BCUT2D eigenvalue weighted by atomic mass is 16.2. The molecule has 1 atom stereocenters. The van der Waals surface area contributed by atoms with Gasteiger partial charge < -0.3 is 10.2 Å². The van der Waals surface area contributed by atoms with Gasteiger partial charge in [-0.3, -0.25) is 4.79 Å². The molecule has 1 amide bonds.